The SMILES string of the molecule is COC(=O)[C@H](CC(C)C)Nc1nc(NCCNc2ccccc2)nc(Nc2cccc(F)c2)n1. The van der Waals surface area contributed by atoms with Crippen molar-refractivity contribution in [3.8, 4) is 0 Å². The van der Waals surface area contributed by atoms with Gasteiger partial charge in [-0.1, -0.05) is 38.1 Å². The van der Waals surface area contributed by atoms with Gasteiger partial charge in [0.1, 0.15) is 11.9 Å². The molecule has 0 saturated carbocycles. The molecule has 34 heavy (non-hydrogen) atoms. The summed E-state index contributed by atoms with van der Waals surface area (Å²) >= 11 is 0. The van der Waals surface area contributed by atoms with Crippen molar-refractivity contribution in [1.82, 2.24) is 15.0 Å². The fourth-order valence-electron chi connectivity index (χ4n) is 3.19. The molecule has 0 unspecified atom stereocenters. The first-order valence-electron chi connectivity index (χ1n) is 11.1. The first kappa shape index (κ1) is 24.7. The highest BCUT2D eigenvalue weighted by molar-refractivity contribution is 5.78. The monoisotopic (exact) mass is 467 g/mol. The molecule has 9 nitrogen and oxygen atoms in total. The van der Waals surface area contributed by atoms with Gasteiger partial charge in [0.25, 0.3) is 0 Å². The van der Waals surface area contributed by atoms with E-state index in [1.165, 1.54) is 19.2 Å². The molecule has 0 aliphatic rings. The Morgan fingerprint density at radius 3 is 2.29 bits per heavy atom. The number of methoxy groups -OCH3 is 1. The van der Waals surface area contributed by atoms with Gasteiger partial charge in [0.05, 0.1) is 7.11 Å². The predicted molar refractivity (Wildman–Crippen MR) is 132 cm³/mol. The lowest BCUT2D eigenvalue weighted by Gasteiger charge is -2.19. The number of halogens is 1. The smallest absolute Gasteiger partial charge is 0.328 e. The van der Waals surface area contributed by atoms with Crippen molar-refractivity contribution >= 4 is 35.2 Å². The summed E-state index contributed by atoms with van der Waals surface area (Å²) in [5.41, 5.74) is 1.49. The number of carbonyl (C=O) groups excluding carboxylic acids is 1. The number of ether oxygens (including phenoxy) is 1. The van der Waals surface area contributed by atoms with Crippen LogP contribution in [0.1, 0.15) is 20.3 Å². The standard InChI is InChI=1S/C24H30FN7O2/c1-16(2)14-20(21(33)34-3)29-24-31-22(27-13-12-26-18-9-5-4-6-10-18)30-23(32-24)28-19-11-7-8-17(25)15-19/h4-11,15-16,20,26H,12-14H2,1-3H3,(H3,27,28,29,30,31,32)/t20-/m0/s1. The number of aromatic nitrogens is 3. The van der Waals surface area contributed by atoms with Crippen LogP contribution in [0.25, 0.3) is 0 Å². The van der Waals surface area contributed by atoms with E-state index < -0.39 is 12.0 Å². The lowest BCUT2D eigenvalue weighted by Crippen LogP contribution is -2.33. The summed E-state index contributed by atoms with van der Waals surface area (Å²) in [7, 11) is 1.34. The Morgan fingerprint density at radius 2 is 1.59 bits per heavy atom. The molecule has 0 fully saturated rings. The summed E-state index contributed by atoms with van der Waals surface area (Å²) in [4.78, 5) is 25.4. The number of nitrogens with zero attached hydrogens (tertiary/aromatic N) is 3. The first-order chi connectivity index (χ1) is 16.4. The van der Waals surface area contributed by atoms with E-state index in [4.69, 9.17) is 4.74 Å². The molecular formula is C24H30FN7O2. The van der Waals surface area contributed by atoms with Crippen LogP contribution in [0, 0.1) is 11.7 Å². The third-order valence-corrected chi connectivity index (χ3v) is 4.72. The highest BCUT2D eigenvalue weighted by Gasteiger charge is 2.22. The molecule has 3 rings (SSSR count). The van der Waals surface area contributed by atoms with Gasteiger partial charge in [-0.3, -0.25) is 0 Å². The second kappa shape index (κ2) is 12.3. The normalized spacial score (nSPS) is 11.6. The van der Waals surface area contributed by atoms with E-state index in [1.807, 2.05) is 44.2 Å². The lowest BCUT2D eigenvalue weighted by atomic mass is 10.0. The number of anilines is 5. The molecular weight excluding hydrogens is 437 g/mol. The van der Waals surface area contributed by atoms with Crippen LogP contribution >= 0.6 is 0 Å². The minimum absolute atomic E-state index is 0.198. The molecule has 0 radical (unpaired) electrons. The van der Waals surface area contributed by atoms with Crippen molar-refractivity contribution in [3.05, 3.63) is 60.4 Å². The molecule has 2 aromatic carbocycles. The Labute approximate surface area is 198 Å². The quantitative estimate of drug-likeness (QED) is 0.229. The van der Waals surface area contributed by atoms with Crippen LogP contribution < -0.4 is 21.3 Å². The maximum absolute atomic E-state index is 13.6. The summed E-state index contributed by atoms with van der Waals surface area (Å²) in [6.45, 7) is 5.18. The number of hydrogen-bond donors (Lipinski definition) is 4. The van der Waals surface area contributed by atoms with Crippen molar-refractivity contribution in [1.29, 1.82) is 0 Å². The van der Waals surface area contributed by atoms with Gasteiger partial charge in [-0.05, 0) is 42.7 Å². The maximum atomic E-state index is 13.6. The van der Waals surface area contributed by atoms with Gasteiger partial charge in [-0.2, -0.15) is 15.0 Å². The molecule has 0 aliphatic carbocycles. The third-order valence-electron chi connectivity index (χ3n) is 4.72. The van der Waals surface area contributed by atoms with Crippen LogP contribution in [0.5, 0.6) is 0 Å². The van der Waals surface area contributed by atoms with Gasteiger partial charge in [0.15, 0.2) is 0 Å². The average molecular weight is 468 g/mol. The number of hydrogen-bond acceptors (Lipinski definition) is 9. The van der Waals surface area contributed by atoms with Crippen molar-refractivity contribution in [3.63, 3.8) is 0 Å². The number of nitrogens with one attached hydrogen (secondary N) is 4. The maximum Gasteiger partial charge on any atom is 0.328 e. The molecule has 0 saturated heterocycles. The first-order valence-corrected chi connectivity index (χ1v) is 11.1. The van der Waals surface area contributed by atoms with Gasteiger partial charge in [0.2, 0.25) is 17.8 Å². The zero-order valence-electron chi connectivity index (χ0n) is 19.5. The van der Waals surface area contributed by atoms with E-state index in [1.54, 1.807) is 12.1 Å². The van der Waals surface area contributed by atoms with Crippen molar-refractivity contribution in [2.45, 2.75) is 26.3 Å². The number of esters is 1. The highest BCUT2D eigenvalue weighted by Crippen LogP contribution is 2.18. The van der Waals surface area contributed by atoms with Gasteiger partial charge >= 0.3 is 5.97 Å². The largest absolute Gasteiger partial charge is 0.467 e. The van der Waals surface area contributed by atoms with E-state index in [2.05, 4.69) is 36.2 Å². The van der Waals surface area contributed by atoms with Crippen LogP contribution in [0.2, 0.25) is 0 Å². The third kappa shape index (κ3) is 7.88. The van der Waals surface area contributed by atoms with E-state index >= 15 is 0 Å². The van der Waals surface area contributed by atoms with Crippen molar-refractivity contribution < 1.29 is 13.9 Å². The van der Waals surface area contributed by atoms with E-state index in [0.29, 0.717) is 31.1 Å². The molecule has 1 heterocycles. The second-order valence-corrected chi connectivity index (χ2v) is 8.01. The molecule has 180 valence electrons. The summed E-state index contributed by atoms with van der Waals surface area (Å²) in [5, 5.41) is 12.5. The van der Waals surface area contributed by atoms with E-state index in [0.717, 1.165) is 5.69 Å². The van der Waals surface area contributed by atoms with Crippen molar-refractivity contribution in [2.24, 2.45) is 5.92 Å². The molecule has 0 spiro atoms. The zero-order chi connectivity index (χ0) is 24.3. The minimum Gasteiger partial charge on any atom is -0.467 e. The van der Waals surface area contributed by atoms with Gasteiger partial charge in [0, 0.05) is 24.5 Å². The molecule has 10 heteroatoms. The number of carbonyl (C=O) groups is 1. The van der Waals surface area contributed by atoms with E-state index in [-0.39, 0.29) is 23.6 Å². The van der Waals surface area contributed by atoms with Gasteiger partial charge in [-0.25, -0.2) is 9.18 Å². The molecule has 1 atom stereocenters. The molecule has 1 aromatic heterocycles. The molecule has 4 N–H and O–H groups in total. The Morgan fingerprint density at radius 1 is 0.912 bits per heavy atom. The Bertz CT molecular complexity index is 1070. The summed E-state index contributed by atoms with van der Waals surface area (Å²) in [6.07, 6.45) is 0.536. The van der Waals surface area contributed by atoms with Crippen LogP contribution in [-0.2, 0) is 9.53 Å². The zero-order valence-corrected chi connectivity index (χ0v) is 19.5. The molecule has 3 aromatic rings. The van der Waals surface area contributed by atoms with Gasteiger partial charge in [-0.15, -0.1) is 0 Å². The highest BCUT2D eigenvalue weighted by atomic mass is 19.1. The van der Waals surface area contributed by atoms with Crippen LogP contribution in [-0.4, -0.2) is 47.2 Å². The van der Waals surface area contributed by atoms with Crippen LogP contribution in [0.3, 0.4) is 0 Å². The summed E-state index contributed by atoms with van der Waals surface area (Å²) in [5.74, 6) is 0.156. The minimum atomic E-state index is -0.623. The fraction of sp³-hybridized carbons (Fsp3) is 0.333. The predicted octanol–water partition coefficient (Wildman–Crippen LogP) is 4.28. The fourth-order valence-corrected chi connectivity index (χ4v) is 3.19. The second-order valence-electron chi connectivity index (χ2n) is 8.01. The topological polar surface area (TPSA) is 113 Å². The van der Waals surface area contributed by atoms with Gasteiger partial charge < -0.3 is 26.0 Å². The Hall–Kier alpha value is -3.95. The molecule has 0 aliphatic heterocycles. The van der Waals surface area contributed by atoms with Crippen molar-refractivity contribution in [2.75, 3.05) is 41.5 Å². The molecule has 0 amide bonds. The van der Waals surface area contributed by atoms with Crippen LogP contribution in [0.15, 0.2) is 54.6 Å². The molecule has 0 bridgehead atoms. The van der Waals surface area contributed by atoms with Crippen LogP contribution in [0.4, 0.5) is 33.6 Å². The Balaban J connectivity index is 1.76. The lowest BCUT2D eigenvalue weighted by molar-refractivity contribution is -0.141. The summed E-state index contributed by atoms with van der Waals surface area (Å²) in [6, 6.07) is 15.2. The Kier molecular flexibility index (Phi) is 8.96. The number of rotatable bonds is 12. The number of para-hydroxylation sites is 1. The summed E-state index contributed by atoms with van der Waals surface area (Å²) < 4.78 is 18.5. The average Bonchev–Trinajstić information content (AvgIpc) is 2.81. The van der Waals surface area contributed by atoms with E-state index in [9.17, 15) is 9.18 Å². The number of benzene rings is 2.